The van der Waals surface area contributed by atoms with Crippen molar-refractivity contribution in [1.82, 2.24) is 0 Å². The lowest BCUT2D eigenvalue weighted by atomic mass is 10.2. The Morgan fingerprint density at radius 1 is 1.38 bits per heavy atom. The van der Waals surface area contributed by atoms with Gasteiger partial charge in [0.15, 0.2) is 0 Å². The average Bonchev–Trinajstić information content (AvgIpc) is 2.18. The number of benzene rings is 1. The molecule has 1 aromatic carbocycles. The van der Waals surface area contributed by atoms with E-state index in [-0.39, 0.29) is 0 Å². The molecule has 0 fully saturated rings. The zero-order valence-electron chi connectivity index (χ0n) is 7.95. The number of nitrogens with zero attached hydrogens (tertiary/aromatic N) is 1. The number of rotatable bonds is 3. The molecule has 0 amide bonds. The molecule has 2 nitrogen and oxygen atoms in total. The topological polar surface area (TPSA) is 38.4 Å². The molecule has 0 spiro atoms. The van der Waals surface area contributed by atoms with E-state index in [0.29, 0.717) is 5.84 Å². The molecule has 0 saturated heterocycles. The van der Waals surface area contributed by atoms with Gasteiger partial charge in [-0.05, 0) is 25.3 Å². The summed E-state index contributed by atoms with van der Waals surface area (Å²) in [4.78, 5) is 5.38. The summed E-state index contributed by atoms with van der Waals surface area (Å²) in [5.41, 5.74) is 6.74. The van der Waals surface area contributed by atoms with Crippen LogP contribution in [0.2, 0.25) is 0 Å². The molecule has 0 unspecified atom stereocenters. The lowest BCUT2D eigenvalue weighted by Crippen LogP contribution is -2.13. The monoisotopic (exact) mass is 194 g/mol. The molecule has 1 rings (SSSR count). The van der Waals surface area contributed by atoms with Gasteiger partial charge in [0.05, 0.1) is 0 Å². The molecule has 0 aliphatic carbocycles. The molecule has 0 radical (unpaired) electrons. The van der Waals surface area contributed by atoms with Gasteiger partial charge >= 0.3 is 0 Å². The molecule has 2 N–H and O–H groups in total. The van der Waals surface area contributed by atoms with Crippen molar-refractivity contribution >= 4 is 17.6 Å². The van der Waals surface area contributed by atoms with Crippen LogP contribution in [0.5, 0.6) is 0 Å². The second-order valence-corrected chi connectivity index (χ2v) is 3.47. The average molecular weight is 194 g/mol. The van der Waals surface area contributed by atoms with E-state index in [1.807, 2.05) is 19.1 Å². The highest BCUT2D eigenvalue weighted by Gasteiger charge is 1.96. The predicted molar refractivity (Wildman–Crippen MR) is 59.5 cm³/mol. The summed E-state index contributed by atoms with van der Waals surface area (Å²) < 4.78 is 0. The first kappa shape index (κ1) is 10.1. The zero-order valence-corrected chi connectivity index (χ0v) is 8.77. The predicted octanol–water partition coefficient (Wildman–Crippen LogP) is 2.13. The minimum Gasteiger partial charge on any atom is -0.384 e. The van der Waals surface area contributed by atoms with Crippen LogP contribution in [0.25, 0.3) is 0 Å². The lowest BCUT2D eigenvalue weighted by molar-refractivity contribution is 1.12. The number of nitrogens with two attached hydrogens (primary N) is 1. The number of amidine groups is 1. The molecular formula is C10H14N2S. The summed E-state index contributed by atoms with van der Waals surface area (Å²) in [5.74, 6) is 0.621. The summed E-state index contributed by atoms with van der Waals surface area (Å²) in [7, 11) is 0. The van der Waals surface area contributed by atoms with Crippen molar-refractivity contribution in [1.29, 1.82) is 0 Å². The van der Waals surface area contributed by atoms with E-state index in [1.54, 1.807) is 11.8 Å². The van der Waals surface area contributed by atoms with Gasteiger partial charge in [0.2, 0.25) is 0 Å². The van der Waals surface area contributed by atoms with Crippen molar-refractivity contribution in [2.45, 2.75) is 11.8 Å². The molecule has 0 aliphatic rings. The fourth-order valence-electron chi connectivity index (χ4n) is 1.02. The molecule has 0 aromatic heterocycles. The number of aliphatic imine (C=N–C) groups is 1. The third-order valence-electron chi connectivity index (χ3n) is 1.71. The zero-order chi connectivity index (χ0) is 9.68. The normalized spacial score (nSPS) is 11.7. The summed E-state index contributed by atoms with van der Waals surface area (Å²) in [5, 5.41) is 0. The second kappa shape index (κ2) is 4.92. The van der Waals surface area contributed by atoms with E-state index in [9.17, 15) is 0 Å². The van der Waals surface area contributed by atoms with Crippen LogP contribution in [0.4, 0.5) is 0 Å². The van der Waals surface area contributed by atoms with E-state index >= 15 is 0 Å². The van der Waals surface area contributed by atoms with Crippen LogP contribution in [-0.2, 0) is 0 Å². The highest BCUT2D eigenvalue weighted by Crippen LogP contribution is 2.14. The maximum absolute atomic E-state index is 5.74. The fourth-order valence-corrected chi connectivity index (χ4v) is 1.43. The van der Waals surface area contributed by atoms with Crippen LogP contribution >= 0.6 is 11.8 Å². The molecule has 70 valence electrons. The number of thioether (sulfide) groups is 1. The second-order valence-electron chi connectivity index (χ2n) is 2.59. The molecule has 0 atom stereocenters. The molecule has 0 aliphatic heterocycles. The molecule has 1 aromatic rings. The Hall–Kier alpha value is -0.960. The van der Waals surface area contributed by atoms with Gasteiger partial charge in [-0.25, -0.2) is 0 Å². The molecule has 13 heavy (non-hydrogen) atoms. The first-order valence-corrected chi connectivity index (χ1v) is 5.44. The SMILES string of the molecule is CCN=C(N)c1ccc(SC)cc1. The fraction of sp³-hybridized carbons (Fsp3) is 0.300. The van der Waals surface area contributed by atoms with Crippen molar-refractivity contribution < 1.29 is 0 Å². The minimum atomic E-state index is 0.621. The Kier molecular flexibility index (Phi) is 3.83. The van der Waals surface area contributed by atoms with Crippen LogP contribution in [0, 0.1) is 0 Å². The summed E-state index contributed by atoms with van der Waals surface area (Å²) in [6.45, 7) is 2.71. The van der Waals surface area contributed by atoms with Crippen LogP contribution < -0.4 is 5.73 Å². The highest BCUT2D eigenvalue weighted by molar-refractivity contribution is 7.98. The largest absolute Gasteiger partial charge is 0.384 e. The van der Waals surface area contributed by atoms with Gasteiger partial charge in [0.25, 0.3) is 0 Å². The van der Waals surface area contributed by atoms with E-state index in [0.717, 1.165) is 12.1 Å². The molecular weight excluding hydrogens is 180 g/mol. The van der Waals surface area contributed by atoms with E-state index in [2.05, 4.69) is 23.4 Å². The maximum atomic E-state index is 5.74. The van der Waals surface area contributed by atoms with Crippen molar-refractivity contribution in [2.75, 3.05) is 12.8 Å². The van der Waals surface area contributed by atoms with Crippen molar-refractivity contribution in [3.8, 4) is 0 Å². The van der Waals surface area contributed by atoms with Crippen LogP contribution in [0.1, 0.15) is 12.5 Å². The van der Waals surface area contributed by atoms with Crippen molar-refractivity contribution in [3.05, 3.63) is 29.8 Å². The van der Waals surface area contributed by atoms with Gasteiger partial charge in [-0.1, -0.05) is 12.1 Å². The molecule has 0 heterocycles. The van der Waals surface area contributed by atoms with Gasteiger partial charge in [0.1, 0.15) is 5.84 Å². The van der Waals surface area contributed by atoms with Crippen LogP contribution in [-0.4, -0.2) is 18.6 Å². The Morgan fingerprint density at radius 2 is 2.00 bits per heavy atom. The van der Waals surface area contributed by atoms with Gasteiger partial charge in [-0.3, -0.25) is 4.99 Å². The van der Waals surface area contributed by atoms with E-state index in [4.69, 9.17) is 5.73 Å². The molecule has 0 saturated carbocycles. The van der Waals surface area contributed by atoms with Crippen LogP contribution in [0.15, 0.2) is 34.2 Å². The van der Waals surface area contributed by atoms with E-state index in [1.165, 1.54) is 4.90 Å². The van der Waals surface area contributed by atoms with Gasteiger partial charge in [0, 0.05) is 17.0 Å². The van der Waals surface area contributed by atoms with Crippen molar-refractivity contribution in [3.63, 3.8) is 0 Å². The summed E-state index contributed by atoms with van der Waals surface area (Å²) in [6, 6.07) is 8.11. The third-order valence-corrected chi connectivity index (χ3v) is 2.46. The van der Waals surface area contributed by atoms with Crippen LogP contribution in [0.3, 0.4) is 0 Å². The maximum Gasteiger partial charge on any atom is 0.125 e. The van der Waals surface area contributed by atoms with Gasteiger partial charge in [-0.15, -0.1) is 11.8 Å². The quantitative estimate of drug-likeness (QED) is 0.455. The summed E-state index contributed by atoms with van der Waals surface area (Å²) >= 11 is 1.72. The number of hydrogen-bond donors (Lipinski definition) is 1. The standard InChI is InChI=1S/C10H14N2S/c1-3-12-10(11)8-4-6-9(13-2)7-5-8/h4-7H,3H2,1-2H3,(H2,11,12). The first-order valence-electron chi connectivity index (χ1n) is 4.22. The Morgan fingerprint density at radius 3 is 2.46 bits per heavy atom. The smallest absolute Gasteiger partial charge is 0.125 e. The molecule has 0 bridgehead atoms. The Bertz CT molecular complexity index is 290. The Balaban J connectivity index is 2.85. The first-order chi connectivity index (χ1) is 6.27. The highest BCUT2D eigenvalue weighted by atomic mass is 32.2. The third kappa shape index (κ3) is 2.77. The van der Waals surface area contributed by atoms with E-state index < -0.39 is 0 Å². The van der Waals surface area contributed by atoms with Crippen molar-refractivity contribution in [2.24, 2.45) is 10.7 Å². The summed E-state index contributed by atoms with van der Waals surface area (Å²) in [6.07, 6.45) is 2.05. The van der Waals surface area contributed by atoms with Gasteiger partial charge < -0.3 is 5.73 Å². The number of hydrogen-bond acceptors (Lipinski definition) is 2. The van der Waals surface area contributed by atoms with Gasteiger partial charge in [-0.2, -0.15) is 0 Å². The molecule has 3 heteroatoms. The lowest BCUT2D eigenvalue weighted by Gasteiger charge is -2.01. The Labute approximate surface area is 83.2 Å². The minimum absolute atomic E-state index is 0.621.